The smallest absolute Gasteiger partial charge is 0.360 e. The predicted octanol–water partition coefficient (Wildman–Crippen LogP) is 3.20. The van der Waals surface area contributed by atoms with Gasteiger partial charge in [0.25, 0.3) is 11.5 Å². The maximum Gasteiger partial charge on any atom is 0.360 e. The van der Waals surface area contributed by atoms with E-state index < -0.39 is 23.3 Å². The first-order valence-corrected chi connectivity index (χ1v) is 9.54. The highest BCUT2D eigenvalue weighted by molar-refractivity contribution is 6.07. The highest BCUT2D eigenvalue weighted by atomic mass is 19.1. The minimum absolute atomic E-state index is 0.0719. The van der Waals surface area contributed by atoms with Gasteiger partial charge < -0.3 is 14.8 Å². The molecule has 0 radical (unpaired) electrons. The first kappa shape index (κ1) is 21.7. The fourth-order valence-electron chi connectivity index (χ4n) is 2.73. The van der Waals surface area contributed by atoms with E-state index in [-0.39, 0.29) is 23.7 Å². The first-order valence-electron chi connectivity index (χ1n) is 9.54. The van der Waals surface area contributed by atoms with Crippen LogP contribution in [0.5, 0.6) is 5.75 Å². The Morgan fingerprint density at radius 1 is 1.03 bits per heavy atom. The fourth-order valence-corrected chi connectivity index (χ4v) is 2.73. The van der Waals surface area contributed by atoms with E-state index in [2.05, 4.69) is 10.4 Å². The molecule has 1 aromatic heterocycles. The van der Waals surface area contributed by atoms with Crippen molar-refractivity contribution in [2.45, 2.75) is 13.8 Å². The number of benzene rings is 2. The van der Waals surface area contributed by atoms with Crippen molar-refractivity contribution in [1.29, 1.82) is 0 Å². The molecule has 0 fully saturated rings. The molecular weight excluding hydrogens is 405 g/mol. The van der Waals surface area contributed by atoms with Gasteiger partial charge >= 0.3 is 5.97 Å². The quantitative estimate of drug-likeness (QED) is 0.584. The number of amides is 1. The Bertz CT molecular complexity index is 1140. The van der Waals surface area contributed by atoms with Crippen molar-refractivity contribution in [1.82, 2.24) is 9.78 Å². The molecular formula is C22H20FN3O5. The molecule has 0 atom stereocenters. The molecule has 0 aliphatic rings. The number of hydrogen-bond acceptors (Lipinski definition) is 6. The third kappa shape index (κ3) is 5.13. The van der Waals surface area contributed by atoms with E-state index in [1.54, 1.807) is 31.2 Å². The molecule has 2 aromatic carbocycles. The molecule has 0 unspecified atom stereocenters. The molecule has 3 rings (SSSR count). The van der Waals surface area contributed by atoms with Gasteiger partial charge in [0.2, 0.25) is 0 Å². The molecule has 9 heteroatoms. The molecule has 0 bridgehead atoms. The Balaban J connectivity index is 1.97. The second-order valence-corrected chi connectivity index (χ2v) is 6.27. The van der Waals surface area contributed by atoms with Gasteiger partial charge in [0.15, 0.2) is 5.69 Å². The summed E-state index contributed by atoms with van der Waals surface area (Å²) in [6.45, 7) is 4.03. The van der Waals surface area contributed by atoms with Crippen LogP contribution in [-0.4, -0.2) is 34.9 Å². The van der Waals surface area contributed by atoms with Crippen LogP contribution >= 0.6 is 0 Å². The molecule has 0 saturated carbocycles. The average molecular weight is 425 g/mol. The van der Waals surface area contributed by atoms with Gasteiger partial charge in [0.1, 0.15) is 11.6 Å². The van der Waals surface area contributed by atoms with Gasteiger partial charge in [-0.25, -0.2) is 9.18 Å². The molecule has 31 heavy (non-hydrogen) atoms. The van der Waals surface area contributed by atoms with Gasteiger partial charge in [-0.2, -0.15) is 9.78 Å². The van der Waals surface area contributed by atoms with Gasteiger partial charge in [-0.1, -0.05) is 0 Å². The van der Waals surface area contributed by atoms with Crippen LogP contribution in [0.1, 0.15) is 34.7 Å². The fraction of sp³-hybridized carbons (Fsp3) is 0.182. The van der Waals surface area contributed by atoms with Crippen LogP contribution in [0.3, 0.4) is 0 Å². The van der Waals surface area contributed by atoms with Crippen LogP contribution < -0.4 is 15.6 Å². The molecule has 1 heterocycles. The maximum atomic E-state index is 13.2. The molecule has 1 N–H and O–H groups in total. The minimum atomic E-state index is -0.819. The number of halogens is 1. The second kappa shape index (κ2) is 9.66. The second-order valence-electron chi connectivity index (χ2n) is 6.27. The number of carbonyl (C=O) groups excluding carboxylic acids is 2. The lowest BCUT2D eigenvalue weighted by Gasteiger charge is -2.12. The summed E-state index contributed by atoms with van der Waals surface area (Å²) in [6, 6.07) is 12.5. The SMILES string of the molecule is CCOC(=O)c1nn(-c2ccc(F)cc2)c(=O)cc1NC(=O)c1ccc(OCC)cc1. The summed E-state index contributed by atoms with van der Waals surface area (Å²) in [5, 5.41) is 6.58. The molecule has 0 saturated heterocycles. The lowest BCUT2D eigenvalue weighted by atomic mass is 10.2. The lowest BCUT2D eigenvalue weighted by molar-refractivity contribution is 0.0518. The number of aromatic nitrogens is 2. The Morgan fingerprint density at radius 2 is 1.71 bits per heavy atom. The number of esters is 1. The van der Waals surface area contributed by atoms with E-state index in [9.17, 15) is 18.8 Å². The Hall–Kier alpha value is -4.01. The molecule has 0 aliphatic carbocycles. The number of nitrogens with zero attached hydrogens (tertiary/aromatic N) is 2. The summed E-state index contributed by atoms with van der Waals surface area (Å²) >= 11 is 0. The Kier molecular flexibility index (Phi) is 6.76. The van der Waals surface area contributed by atoms with E-state index in [1.807, 2.05) is 6.92 Å². The molecule has 160 valence electrons. The summed E-state index contributed by atoms with van der Waals surface area (Å²) < 4.78 is 24.5. The van der Waals surface area contributed by atoms with Crippen LogP contribution in [0.15, 0.2) is 59.4 Å². The number of rotatable bonds is 7. The van der Waals surface area contributed by atoms with Crippen molar-refractivity contribution in [2.24, 2.45) is 0 Å². The third-order valence-corrected chi connectivity index (χ3v) is 4.15. The van der Waals surface area contributed by atoms with Crippen LogP contribution in [0.4, 0.5) is 10.1 Å². The normalized spacial score (nSPS) is 10.4. The molecule has 3 aromatic rings. The van der Waals surface area contributed by atoms with Crippen molar-refractivity contribution in [3.05, 3.63) is 82.0 Å². The summed E-state index contributed by atoms with van der Waals surface area (Å²) in [7, 11) is 0. The molecule has 0 aliphatic heterocycles. The average Bonchev–Trinajstić information content (AvgIpc) is 2.75. The van der Waals surface area contributed by atoms with Gasteiger partial charge in [0.05, 0.1) is 24.6 Å². The van der Waals surface area contributed by atoms with Gasteiger partial charge in [0, 0.05) is 11.6 Å². The van der Waals surface area contributed by atoms with Crippen molar-refractivity contribution >= 4 is 17.6 Å². The zero-order valence-electron chi connectivity index (χ0n) is 16.9. The summed E-state index contributed by atoms with van der Waals surface area (Å²) in [4.78, 5) is 37.6. The molecule has 1 amide bonds. The van der Waals surface area contributed by atoms with Crippen molar-refractivity contribution in [2.75, 3.05) is 18.5 Å². The van der Waals surface area contributed by atoms with Crippen molar-refractivity contribution in [3.63, 3.8) is 0 Å². The van der Waals surface area contributed by atoms with E-state index in [1.165, 1.54) is 12.1 Å². The van der Waals surface area contributed by atoms with E-state index in [0.717, 1.165) is 22.9 Å². The largest absolute Gasteiger partial charge is 0.494 e. The zero-order valence-corrected chi connectivity index (χ0v) is 16.9. The number of ether oxygens (including phenoxy) is 2. The number of carbonyl (C=O) groups is 2. The highest BCUT2D eigenvalue weighted by Gasteiger charge is 2.20. The zero-order chi connectivity index (χ0) is 22.4. The van der Waals surface area contributed by atoms with Crippen LogP contribution in [-0.2, 0) is 4.74 Å². The summed E-state index contributed by atoms with van der Waals surface area (Å²) in [5.74, 6) is -1.24. The predicted molar refractivity (Wildman–Crippen MR) is 111 cm³/mol. The topological polar surface area (TPSA) is 99.5 Å². The van der Waals surface area contributed by atoms with Crippen LogP contribution in [0, 0.1) is 5.82 Å². The van der Waals surface area contributed by atoms with Crippen molar-refractivity contribution in [3.8, 4) is 11.4 Å². The van der Waals surface area contributed by atoms with Crippen LogP contribution in [0.2, 0.25) is 0 Å². The van der Waals surface area contributed by atoms with Crippen molar-refractivity contribution < 1.29 is 23.5 Å². The van der Waals surface area contributed by atoms with E-state index in [0.29, 0.717) is 17.9 Å². The first-order chi connectivity index (χ1) is 14.9. The van der Waals surface area contributed by atoms with Crippen LogP contribution in [0.25, 0.3) is 5.69 Å². The Labute approximate surface area is 177 Å². The maximum absolute atomic E-state index is 13.2. The standard InChI is InChI=1S/C22H20FN3O5/c1-3-30-17-11-5-14(6-12-17)21(28)24-18-13-19(27)26(16-9-7-15(23)8-10-16)25-20(18)22(29)31-4-2/h5-13H,3-4H2,1-2H3,(H,24,28). The highest BCUT2D eigenvalue weighted by Crippen LogP contribution is 2.17. The van der Waals surface area contributed by atoms with Gasteiger partial charge in [-0.3, -0.25) is 9.59 Å². The number of anilines is 1. The summed E-state index contributed by atoms with van der Waals surface area (Å²) in [5.41, 5.74) is -0.435. The Morgan fingerprint density at radius 3 is 2.32 bits per heavy atom. The number of nitrogens with one attached hydrogen (secondary N) is 1. The van der Waals surface area contributed by atoms with Gasteiger partial charge in [-0.15, -0.1) is 0 Å². The van der Waals surface area contributed by atoms with E-state index >= 15 is 0 Å². The number of hydrogen-bond donors (Lipinski definition) is 1. The monoisotopic (exact) mass is 425 g/mol. The minimum Gasteiger partial charge on any atom is -0.494 e. The third-order valence-electron chi connectivity index (χ3n) is 4.15. The van der Waals surface area contributed by atoms with E-state index in [4.69, 9.17) is 9.47 Å². The van der Waals surface area contributed by atoms with Gasteiger partial charge in [-0.05, 0) is 62.4 Å². The lowest BCUT2D eigenvalue weighted by Crippen LogP contribution is -2.27. The molecule has 8 nitrogen and oxygen atoms in total. The summed E-state index contributed by atoms with van der Waals surface area (Å²) in [6.07, 6.45) is 0. The molecule has 0 spiro atoms.